The molecule has 5 nitrogen and oxygen atoms in total. The summed E-state index contributed by atoms with van der Waals surface area (Å²) in [6.45, 7) is 1.04. The first kappa shape index (κ1) is 17.9. The number of piperidine rings is 1. The van der Waals surface area contributed by atoms with Gasteiger partial charge in [-0.1, -0.05) is 6.07 Å². The molecule has 1 fully saturated rings. The second-order valence-corrected chi connectivity index (χ2v) is 6.29. The molecule has 1 aliphatic heterocycles. The lowest BCUT2D eigenvalue weighted by Gasteiger charge is -2.31. The van der Waals surface area contributed by atoms with Crippen LogP contribution in [0, 0.1) is 11.7 Å². The van der Waals surface area contributed by atoms with Crippen LogP contribution >= 0.6 is 0 Å². The second-order valence-electron chi connectivity index (χ2n) is 6.29. The van der Waals surface area contributed by atoms with Crippen LogP contribution < -0.4 is 10.1 Å². The molecule has 1 aliphatic rings. The molecule has 136 valence electrons. The van der Waals surface area contributed by atoms with Gasteiger partial charge in [-0.25, -0.2) is 4.39 Å². The Labute approximate surface area is 151 Å². The average molecular weight is 356 g/mol. The van der Waals surface area contributed by atoms with Gasteiger partial charge in [-0.3, -0.25) is 9.59 Å². The highest BCUT2D eigenvalue weighted by molar-refractivity contribution is 5.95. The Bertz CT molecular complexity index is 784. The summed E-state index contributed by atoms with van der Waals surface area (Å²) < 4.78 is 18.3. The van der Waals surface area contributed by atoms with E-state index < -0.39 is 0 Å². The minimum absolute atomic E-state index is 0.0448. The molecule has 0 aromatic heterocycles. The molecule has 0 unspecified atom stereocenters. The van der Waals surface area contributed by atoms with Crippen LogP contribution in [-0.4, -0.2) is 36.9 Å². The summed E-state index contributed by atoms with van der Waals surface area (Å²) in [5, 5.41) is 2.74. The van der Waals surface area contributed by atoms with Gasteiger partial charge in [0.15, 0.2) is 0 Å². The van der Waals surface area contributed by atoms with Crippen LogP contribution in [-0.2, 0) is 4.79 Å². The van der Waals surface area contributed by atoms with Gasteiger partial charge >= 0.3 is 0 Å². The number of hydrogen-bond acceptors (Lipinski definition) is 3. The summed E-state index contributed by atoms with van der Waals surface area (Å²) in [5.74, 6) is -0.0426. The van der Waals surface area contributed by atoms with Crippen LogP contribution in [0.4, 0.5) is 10.1 Å². The topological polar surface area (TPSA) is 58.6 Å². The highest BCUT2D eigenvalue weighted by atomic mass is 19.1. The zero-order valence-corrected chi connectivity index (χ0v) is 14.6. The molecule has 0 aliphatic carbocycles. The van der Waals surface area contributed by atoms with Crippen molar-refractivity contribution in [2.45, 2.75) is 12.8 Å². The van der Waals surface area contributed by atoms with E-state index in [1.165, 1.54) is 12.1 Å². The van der Waals surface area contributed by atoms with E-state index in [0.29, 0.717) is 42.9 Å². The first-order valence-corrected chi connectivity index (χ1v) is 8.56. The number of nitrogens with one attached hydrogen (secondary N) is 1. The van der Waals surface area contributed by atoms with E-state index in [-0.39, 0.29) is 23.5 Å². The first-order valence-electron chi connectivity index (χ1n) is 8.56. The Balaban J connectivity index is 1.54. The lowest BCUT2D eigenvalue weighted by atomic mass is 9.95. The van der Waals surface area contributed by atoms with Crippen LogP contribution in [0.15, 0.2) is 48.5 Å². The zero-order chi connectivity index (χ0) is 18.5. The van der Waals surface area contributed by atoms with Gasteiger partial charge in [0.1, 0.15) is 11.6 Å². The van der Waals surface area contributed by atoms with Crippen molar-refractivity contribution >= 4 is 17.5 Å². The quantitative estimate of drug-likeness (QED) is 0.914. The Hall–Kier alpha value is -2.89. The molecule has 26 heavy (non-hydrogen) atoms. The normalized spacial score (nSPS) is 14.8. The maximum absolute atomic E-state index is 13.2. The van der Waals surface area contributed by atoms with Crippen molar-refractivity contribution in [3.8, 4) is 5.75 Å². The van der Waals surface area contributed by atoms with Crippen molar-refractivity contribution in [2.24, 2.45) is 5.92 Å². The number of nitrogens with zero attached hydrogens (tertiary/aromatic N) is 1. The maximum atomic E-state index is 13.2. The number of carbonyl (C=O) groups is 2. The molecule has 0 saturated carbocycles. The first-order chi connectivity index (χ1) is 12.6. The smallest absolute Gasteiger partial charge is 0.253 e. The van der Waals surface area contributed by atoms with E-state index in [9.17, 15) is 14.0 Å². The molecule has 1 N–H and O–H groups in total. The molecule has 1 saturated heterocycles. The van der Waals surface area contributed by atoms with Gasteiger partial charge in [-0.15, -0.1) is 0 Å². The SMILES string of the molecule is COc1ccc(C(=O)N2CCC(C(=O)Nc3cccc(F)c3)CC2)cc1. The lowest BCUT2D eigenvalue weighted by Crippen LogP contribution is -2.41. The summed E-state index contributed by atoms with van der Waals surface area (Å²) in [6.07, 6.45) is 1.17. The number of methoxy groups -OCH3 is 1. The van der Waals surface area contributed by atoms with Gasteiger partial charge in [0.25, 0.3) is 5.91 Å². The van der Waals surface area contributed by atoms with Gasteiger partial charge in [-0.2, -0.15) is 0 Å². The Morgan fingerprint density at radius 1 is 1.12 bits per heavy atom. The van der Waals surface area contributed by atoms with Crippen molar-refractivity contribution in [3.63, 3.8) is 0 Å². The van der Waals surface area contributed by atoms with Crippen LogP contribution in [0.25, 0.3) is 0 Å². The Kier molecular flexibility index (Phi) is 5.51. The van der Waals surface area contributed by atoms with E-state index in [1.54, 1.807) is 48.4 Å². The molecule has 0 atom stereocenters. The van der Waals surface area contributed by atoms with Crippen molar-refractivity contribution in [3.05, 3.63) is 59.9 Å². The Morgan fingerprint density at radius 2 is 1.81 bits per heavy atom. The second kappa shape index (κ2) is 7.99. The third-order valence-electron chi connectivity index (χ3n) is 4.58. The number of benzene rings is 2. The van der Waals surface area contributed by atoms with E-state index in [4.69, 9.17) is 4.74 Å². The number of ether oxygens (including phenoxy) is 1. The predicted octanol–water partition coefficient (Wildman–Crippen LogP) is 3.33. The van der Waals surface area contributed by atoms with Crippen LogP contribution in [0.2, 0.25) is 0 Å². The fourth-order valence-electron chi connectivity index (χ4n) is 3.07. The predicted molar refractivity (Wildman–Crippen MR) is 96.7 cm³/mol. The molecular formula is C20H21FN2O3. The molecule has 1 heterocycles. The average Bonchev–Trinajstić information content (AvgIpc) is 2.67. The molecule has 0 spiro atoms. The van der Waals surface area contributed by atoms with E-state index in [2.05, 4.69) is 5.32 Å². The van der Waals surface area contributed by atoms with Crippen molar-refractivity contribution < 1.29 is 18.7 Å². The minimum atomic E-state index is -0.386. The van der Waals surface area contributed by atoms with E-state index >= 15 is 0 Å². The van der Waals surface area contributed by atoms with Crippen LogP contribution in [0.3, 0.4) is 0 Å². The monoisotopic (exact) mass is 356 g/mol. The molecule has 2 aromatic carbocycles. The van der Waals surface area contributed by atoms with Crippen molar-refractivity contribution in [2.75, 3.05) is 25.5 Å². The fourth-order valence-corrected chi connectivity index (χ4v) is 3.07. The molecule has 0 radical (unpaired) electrons. The van der Waals surface area contributed by atoms with Crippen LogP contribution in [0.5, 0.6) is 5.75 Å². The van der Waals surface area contributed by atoms with E-state index in [0.717, 1.165) is 0 Å². The van der Waals surface area contributed by atoms with Gasteiger partial charge in [0, 0.05) is 30.3 Å². The minimum Gasteiger partial charge on any atom is -0.497 e. The van der Waals surface area contributed by atoms with Crippen LogP contribution in [0.1, 0.15) is 23.2 Å². The largest absolute Gasteiger partial charge is 0.497 e. The number of halogens is 1. The molecule has 6 heteroatoms. The standard InChI is InChI=1S/C20H21FN2O3/c1-26-18-7-5-15(6-8-18)20(25)23-11-9-14(10-12-23)19(24)22-17-4-2-3-16(21)13-17/h2-8,13-14H,9-12H2,1H3,(H,22,24). The zero-order valence-electron chi connectivity index (χ0n) is 14.6. The van der Waals surface area contributed by atoms with E-state index in [1.807, 2.05) is 0 Å². The lowest BCUT2D eigenvalue weighted by molar-refractivity contribution is -0.121. The molecule has 2 amide bonds. The van der Waals surface area contributed by atoms with Gasteiger partial charge in [0.2, 0.25) is 5.91 Å². The summed E-state index contributed by atoms with van der Waals surface area (Å²) in [4.78, 5) is 26.6. The van der Waals surface area contributed by atoms with Crippen molar-refractivity contribution in [1.29, 1.82) is 0 Å². The maximum Gasteiger partial charge on any atom is 0.253 e. The summed E-state index contributed by atoms with van der Waals surface area (Å²) in [5.41, 5.74) is 1.06. The number of anilines is 1. The number of hydrogen-bond donors (Lipinski definition) is 1. The summed E-state index contributed by atoms with van der Waals surface area (Å²) in [6, 6.07) is 12.8. The summed E-state index contributed by atoms with van der Waals surface area (Å²) in [7, 11) is 1.58. The molecule has 2 aromatic rings. The number of amides is 2. The molecule has 0 bridgehead atoms. The molecule has 3 rings (SSSR count). The number of likely N-dealkylation sites (tertiary alicyclic amines) is 1. The third-order valence-corrected chi connectivity index (χ3v) is 4.58. The number of carbonyl (C=O) groups excluding carboxylic acids is 2. The Morgan fingerprint density at radius 3 is 2.42 bits per heavy atom. The van der Waals surface area contributed by atoms with Crippen molar-refractivity contribution in [1.82, 2.24) is 4.90 Å². The highest BCUT2D eigenvalue weighted by Gasteiger charge is 2.28. The van der Waals surface area contributed by atoms with Gasteiger partial charge in [-0.05, 0) is 55.3 Å². The molecular weight excluding hydrogens is 335 g/mol. The third kappa shape index (κ3) is 4.20. The highest BCUT2D eigenvalue weighted by Crippen LogP contribution is 2.22. The fraction of sp³-hybridized carbons (Fsp3) is 0.300. The van der Waals surface area contributed by atoms with Gasteiger partial charge < -0.3 is 15.0 Å². The summed E-state index contributed by atoms with van der Waals surface area (Å²) >= 11 is 0. The number of rotatable bonds is 4. The van der Waals surface area contributed by atoms with Gasteiger partial charge in [0.05, 0.1) is 7.11 Å².